The molecule has 21 heavy (non-hydrogen) atoms. The number of aliphatic carboxylic acids is 1. The molecule has 0 bridgehead atoms. The van der Waals surface area contributed by atoms with Gasteiger partial charge in [-0.25, -0.2) is 14.0 Å². The molecule has 1 atom stereocenters. The first-order chi connectivity index (χ1) is 10.1. The van der Waals surface area contributed by atoms with E-state index in [0.29, 0.717) is 31.0 Å². The normalized spacial score (nSPS) is 21.3. The van der Waals surface area contributed by atoms with Gasteiger partial charge in [-0.15, -0.1) is 0 Å². The van der Waals surface area contributed by atoms with Gasteiger partial charge in [0.05, 0.1) is 5.69 Å². The molecule has 1 unspecified atom stereocenters. The van der Waals surface area contributed by atoms with Crippen LogP contribution in [0.3, 0.4) is 0 Å². The Hall–Kier alpha value is -1.76. The van der Waals surface area contributed by atoms with Crippen molar-refractivity contribution in [3.63, 3.8) is 0 Å². The van der Waals surface area contributed by atoms with Crippen molar-refractivity contribution in [2.75, 3.05) is 29.5 Å². The summed E-state index contributed by atoms with van der Waals surface area (Å²) in [5.41, 5.74) is 1.48. The van der Waals surface area contributed by atoms with Gasteiger partial charge in [0.25, 0.3) is 0 Å². The summed E-state index contributed by atoms with van der Waals surface area (Å²) in [6, 6.07) is 3.25. The summed E-state index contributed by atoms with van der Waals surface area (Å²) in [6.07, 6.45) is 0.668. The van der Waals surface area contributed by atoms with Crippen LogP contribution in [0.15, 0.2) is 18.2 Å². The van der Waals surface area contributed by atoms with Gasteiger partial charge in [0.1, 0.15) is 11.9 Å². The van der Waals surface area contributed by atoms with Gasteiger partial charge in [-0.1, -0.05) is 6.07 Å². The van der Waals surface area contributed by atoms with E-state index in [1.807, 2.05) is 0 Å². The summed E-state index contributed by atoms with van der Waals surface area (Å²) >= 11 is 1.53. The van der Waals surface area contributed by atoms with E-state index in [1.54, 1.807) is 6.07 Å². The lowest BCUT2D eigenvalue weighted by molar-refractivity contribution is -0.141. The Bertz CT molecular complexity index is 596. The number of carbonyl (C=O) groups excluding carboxylic acids is 1. The summed E-state index contributed by atoms with van der Waals surface area (Å²) < 4.78 is 13.4. The quantitative estimate of drug-likeness (QED) is 0.859. The van der Waals surface area contributed by atoms with Gasteiger partial charge in [-0.3, -0.25) is 4.90 Å². The summed E-state index contributed by atoms with van der Waals surface area (Å²) in [7, 11) is 0. The zero-order chi connectivity index (χ0) is 15.0. The Morgan fingerprint density at radius 2 is 2.14 bits per heavy atom. The molecule has 2 heterocycles. The molecular formula is C14H15FN2O3S. The number of carbonyl (C=O) groups is 2. The van der Waals surface area contributed by atoms with Crippen molar-refractivity contribution in [3.05, 3.63) is 29.6 Å². The van der Waals surface area contributed by atoms with Crippen LogP contribution in [0, 0.1) is 5.82 Å². The Balaban J connectivity index is 1.86. The van der Waals surface area contributed by atoms with Crippen molar-refractivity contribution < 1.29 is 19.1 Å². The van der Waals surface area contributed by atoms with E-state index in [4.69, 9.17) is 0 Å². The first kappa shape index (κ1) is 14.2. The summed E-state index contributed by atoms with van der Waals surface area (Å²) in [6.45, 7) is 0.870. The van der Waals surface area contributed by atoms with Gasteiger partial charge >= 0.3 is 12.0 Å². The number of anilines is 1. The molecule has 1 aromatic carbocycles. The van der Waals surface area contributed by atoms with Crippen LogP contribution >= 0.6 is 11.8 Å². The molecule has 0 spiro atoms. The third-order valence-electron chi connectivity index (χ3n) is 3.83. The molecular weight excluding hydrogens is 295 g/mol. The molecule has 112 valence electrons. The Morgan fingerprint density at radius 3 is 2.90 bits per heavy atom. The van der Waals surface area contributed by atoms with Crippen molar-refractivity contribution in [1.82, 2.24) is 4.90 Å². The second-order valence-electron chi connectivity index (χ2n) is 5.08. The van der Waals surface area contributed by atoms with Gasteiger partial charge in [-0.2, -0.15) is 11.8 Å². The minimum Gasteiger partial charge on any atom is -0.480 e. The average molecular weight is 310 g/mol. The molecule has 1 saturated heterocycles. The van der Waals surface area contributed by atoms with Crippen molar-refractivity contribution in [1.29, 1.82) is 0 Å². The fourth-order valence-electron chi connectivity index (χ4n) is 2.74. The maximum atomic E-state index is 13.4. The Labute approximate surface area is 125 Å². The molecule has 0 saturated carbocycles. The minimum atomic E-state index is -0.991. The van der Waals surface area contributed by atoms with Crippen molar-refractivity contribution in [3.8, 4) is 0 Å². The lowest BCUT2D eigenvalue weighted by Crippen LogP contribution is -2.54. The molecule has 1 N–H and O–H groups in total. The van der Waals surface area contributed by atoms with Crippen molar-refractivity contribution >= 4 is 29.4 Å². The lowest BCUT2D eigenvalue weighted by Gasteiger charge is -2.35. The monoisotopic (exact) mass is 310 g/mol. The smallest absolute Gasteiger partial charge is 0.327 e. The first-order valence-electron chi connectivity index (χ1n) is 6.75. The van der Waals surface area contributed by atoms with Gasteiger partial charge in [0.2, 0.25) is 0 Å². The standard InChI is InChI=1S/C14H15FN2O3S/c15-10-2-1-9-3-4-16(11(9)7-10)14(20)17-5-6-21-8-12(17)13(18)19/h1-2,7,12H,3-6,8H2,(H,18,19). The van der Waals surface area contributed by atoms with E-state index in [9.17, 15) is 19.1 Å². The molecule has 3 rings (SSSR count). The van der Waals surface area contributed by atoms with Crippen LogP contribution in [0.4, 0.5) is 14.9 Å². The van der Waals surface area contributed by atoms with E-state index < -0.39 is 17.8 Å². The number of rotatable bonds is 1. The number of carboxylic acid groups (broad SMARTS) is 1. The van der Waals surface area contributed by atoms with E-state index in [2.05, 4.69) is 0 Å². The second-order valence-corrected chi connectivity index (χ2v) is 6.23. The van der Waals surface area contributed by atoms with Crippen LogP contribution in [-0.2, 0) is 11.2 Å². The van der Waals surface area contributed by atoms with E-state index in [-0.39, 0.29) is 6.03 Å². The predicted molar refractivity (Wildman–Crippen MR) is 78.3 cm³/mol. The number of thioether (sulfide) groups is 1. The third-order valence-corrected chi connectivity index (χ3v) is 4.86. The van der Waals surface area contributed by atoms with Crippen LogP contribution in [0.5, 0.6) is 0 Å². The van der Waals surface area contributed by atoms with Crippen LogP contribution in [-0.4, -0.2) is 52.6 Å². The fourth-order valence-corrected chi connectivity index (χ4v) is 3.78. The molecule has 5 nitrogen and oxygen atoms in total. The van der Waals surface area contributed by atoms with Crippen LogP contribution in [0.1, 0.15) is 5.56 Å². The van der Waals surface area contributed by atoms with Crippen molar-refractivity contribution in [2.45, 2.75) is 12.5 Å². The molecule has 0 radical (unpaired) electrons. The number of urea groups is 1. The molecule has 2 aliphatic heterocycles. The number of fused-ring (bicyclic) bond motifs is 1. The highest BCUT2D eigenvalue weighted by molar-refractivity contribution is 7.99. The van der Waals surface area contributed by atoms with E-state index >= 15 is 0 Å². The highest BCUT2D eigenvalue weighted by Crippen LogP contribution is 2.30. The van der Waals surface area contributed by atoms with Crippen LogP contribution in [0.25, 0.3) is 0 Å². The zero-order valence-corrected chi connectivity index (χ0v) is 12.1. The summed E-state index contributed by atoms with van der Waals surface area (Å²) in [4.78, 5) is 26.8. The van der Waals surface area contributed by atoms with Gasteiger partial charge < -0.3 is 10.0 Å². The molecule has 2 amide bonds. The van der Waals surface area contributed by atoms with Crippen LogP contribution < -0.4 is 4.90 Å². The number of hydrogen-bond acceptors (Lipinski definition) is 3. The molecule has 7 heteroatoms. The Morgan fingerprint density at radius 1 is 1.33 bits per heavy atom. The minimum absolute atomic E-state index is 0.341. The lowest BCUT2D eigenvalue weighted by atomic mass is 10.2. The predicted octanol–water partition coefficient (Wildman–Crippen LogP) is 1.81. The summed E-state index contributed by atoms with van der Waals surface area (Å²) in [5.74, 6) is -0.267. The van der Waals surface area contributed by atoms with Gasteiger partial charge in [0.15, 0.2) is 0 Å². The molecule has 0 aromatic heterocycles. The molecule has 1 aromatic rings. The zero-order valence-electron chi connectivity index (χ0n) is 11.3. The SMILES string of the molecule is O=C(O)C1CSCCN1C(=O)N1CCc2ccc(F)cc21. The van der Waals surface area contributed by atoms with Crippen LogP contribution in [0.2, 0.25) is 0 Å². The van der Waals surface area contributed by atoms with Crippen molar-refractivity contribution in [2.24, 2.45) is 0 Å². The molecule has 1 fully saturated rings. The highest BCUT2D eigenvalue weighted by Gasteiger charge is 2.37. The van der Waals surface area contributed by atoms with E-state index in [1.165, 1.54) is 33.7 Å². The molecule has 0 aliphatic carbocycles. The number of carboxylic acids is 1. The highest BCUT2D eigenvalue weighted by atomic mass is 32.2. The maximum Gasteiger partial charge on any atom is 0.327 e. The second kappa shape index (κ2) is 5.55. The maximum absolute atomic E-state index is 13.4. The largest absolute Gasteiger partial charge is 0.480 e. The number of amides is 2. The Kier molecular flexibility index (Phi) is 3.75. The third kappa shape index (κ3) is 2.57. The average Bonchev–Trinajstić information content (AvgIpc) is 2.89. The number of hydrogen-bond donors (Lipinski definition) is 1. The van der Waals surface area contributed by atoms with E-state index in [0.717, 1.165) is 11.3 Å². The first-order valence-corrected chi connectivity index (χ1v) is 7.90. The van der Waals surface area contributed by atoms with Gasteiger partial charge in [-0.05, 0) is 24.1 Å². The van der Waals surface area contributed by atoms with Gasteiger partial charge in [0, 0.05) is 24.6 Å². The molecule has 2 aliphatic rings. The summed E-state index contributed by atoms with van der Waals surface area (Å²) in [5, 5.41) is 9.25. The fraction of sp³-hybridized carbons (Fsp3) is 0.429. The topological polar surface area (TPSA) is 60.9 Å². The number of halogens is 1. The number of benzene rings is 1. The number of nitrogens with zero attached hydrogens (tertiary/aromatic N) is 2.